The first-order valence-corrected chi connectivity index (χ1v) is 10.9. The molecule has 5 aromatic rings. The molecule has 30 heavy (non-hydrogen) atoms. The van der Waals surface area contributed by atoms with Gasteiger partial charge in [-0.2, -0.15) is 0 Å². The number of para-hydroxylation sites is 1. The van der Waals surface area contributed by atoms with E-state index in [-0.39, 0.29) is 5.25 Å². The number of rotatable bonds is 5. The van der Waals surface area contributed by atoms with E-state index in [1.54, 1.807) is 18.1 Å². The molecule has 2 heterocycles. The monoisotopic (exact) mass is 407 g/mol. The van der Waals surface area contributed by atoms with Gasteiger partial charge in [0.2, 0.25) is 0 Å². The Balaban J connectivity index is 1.69. The maximum Gasteiger partial charge on any atom is 0.149 e. The van der Waals surface area contributed by atoms with Crippen LogP contribution in [0.25, 0.3) is 27.8 Å². The van der Waals surface area contributed by atoms with Crippen LogP contribution in [0.4, 0.5) is 0 Å². The van der Waals surface area contributed by atoms with Crippen molar-refractivity contribution in [3.05, 3.63) is 109 Å². The van der Waals surface area contributed by atoms with Crippen molar-refractivity contribution in [2.45, 2.75) is 17.2 Å². The molecule has 0 spiro atoms. The summed E-state index contributed by atoms with van der Waals surface area (Å²) in [5, 5.41) is 2.39. The van der Waals surface area contributed by atoms with Crippen molar-refractivity contribution in [1.29, 1.82) is 0 Å². The van der Waals surface area contributed by atoms with Crippen LogP contribution in [0.3, 0.4) is 0 Å². The molecule has 1 unspecified atom stereocenters. The van der Waals surface area contributed by atoms with Gasteiger partial charge in [0.25, 0.3) is 0 Å². The summed E-state index contributed by atoms with van der Waals surface area (Å²) in [7, 11) is 0. The van der Waals surface area contributed by atoms with Gasteiger partial charge in [-0.05, 0) is 30.2 Å². The van der Waals surface area contributed by atoms with Gasteiger partial charge >= 0.3 is 0 Å². The fourth-order valence-electron chi connectivity index (χ4n) is 3.70. The van der Waals surface area contributed by atoms with Crippen molar-refractivity contribution in [2.75, 3.05) is 0 Å². The third-order valence-corrected chi connectivity index (χ3v) is 6.38. The Morgan fingerprint density at radius 1 is 0.767 bits per heavy atom. The molecule has 0 aliphatic carbocycles. The van der Waals surface area contributed by atoms with Gasteiger partial charge in [0, 0.05) is 22.7 Å². The predicted molar refractivity (Wildman–Crippen MR) is 125 cm³/mol. The number of hydrogen-bond acceptors (Lipinski definition) is 3. The highest BCUT2D eigenvalue weighted by Crippen LogP contribution is 2.41. The second kappa shape index (κ2) is 8.17. The Morgan fingerprint density at radius 2 is 1.40 bits per heavy atom. The lowest BCUT2D eigenvalue weighted by Crippen LogP contribution is -1.95. The summed E-state index contributed by atoms with van der Waals surface area (Å²) in [5.74, 6) is 0. The summed E-state index contributed by atoms with van der Waals surface area (Å²) >= 11 is 1.78. The van der Waals surface area contributed by atoms with E-state index >= 15 is 0 Å². The molecule has 0 radical (unpaired) electrons. The Bertz CT molecular complexity index is 1270. The van der Waals surface area contributed by atoms with Crippen LogP contribution < -0.4 is 0 Å². The molecule has 0 saturated heterocycles. The number of fused-ring (bicyclic) bond motifs is 1. The molecule has 0 amide bonds. The van der Waals surface area contributed by atoms with E-state index in [2.05, 4.69) is 102 Å². The molecular formula is C26H21N3S. The van der Waals surface area contributed by atoms with Gasteiger partial charge in [-0.15, -0.1) is 0 Å². The first-order valence-electron chi connectivity index (χ1n) is 10.00. The number of benzene rings is 3. The van der Waals surface area contributed by atoms with E-state index in [9.17, 15) is 0 Å². The number of thioether (sulfide) groups is 1. The van der Waals surface area contributed by atoms with Crippen molar-refractivity contribution in [3.63, 3.8) is 0 Å². The standard InChI is InChI=1S/C26H21N3S/c1-19(20-11-5-2-6-12-20)30-26-24-23(21-13-7-3-8-14-21)17-29(25(24)27-18-28-26)22-15-9-4-10-16-22/h2-19H,1H3. The summed E-state index contributed by atoms with van der Waals surface area (Å²) in [6.45, 7) is 2.23. The molecule has 1 atom stereocenters. The molecule has 5 rings (SSSR count). The highest BCUT2D eigenvalue weighted by Gasteiger charge is 2.19. The molecule has 0 fully saturated rings. The van der Waals surface area contributed by atoms with E-state index < -0.39 is 0 Å². The van der Waals surface area contributed by atoms with Gasteiger partial charge < -0.3 is 4.57 Å². The van der Waals surface area contributed by atoms with Crippen LogP contribution >= 0.6 is 11.8 Å². The molecule has 4 heteroatoms. The first kappa shape index (κ1) is 18.6. The van der Waals surface area contributed by atoms with Crippen LogP contribution in [0, 0.1) is 0 Å². The molecule has 0 N–H and O–H groups in total. The number of aromatic nitrogens is 3. The summed E-state index contributed by atoms with van der Waals surface area (Å²) in [5.41, 5.74) is 5.63. The maximum atomic E-state index is 4.70. The zero-order chi connectivity index (χ0) is 20.3. The molecule has 0 aliphatic rings. The van der Waals surface area contributed by atoms with Gasteiger partial charge in [-0.1, -0.05) is 90.6 Å². The highest BCUT2D eigenvalue weighted by molar-refractivity contribution is 7.99. The second-order valence-corrected chi connectivity index (χ2v) is 8.49. The van der Waals surface area contributed by atoms with Gasteiger partial charge in [-0.25, -0.2) is 9.97 Å². The zero-order valence-corrected chi connectivity index (χ0v) is 17.5. The predicted octanol–water partition coefficient (Wildman–Crippen LogP) is 6.94. The fraction of sp³-hybridized carbons (Fsp3) is 0.0769. The third-order valence-electron chi connectivity index (χ3n) is 5.22. The van der Waals surface area contributed by atoms with Crippen LogP contribution in [-0.2, 0) is 0 Å². The lowest BCUT2D eigenvalue weighted by atomic mass is 10.1. The highest BCUT2D eigenvalue weighted by atomic mass is 32.2. The van der Waals surface area contributed by atoms with Gasteiger partial charge in [0.1, 0.15) is 17.0 Å². The lowest BCUT2D eigenvalue weighted by molar-refractivity contribution is 1.03. The maximum absolute atomic E-state index is 4.70. The Morgan fingerprint density at radius 3 is 2.10 bits per heavy atom. The normalized spacial score (nSPS) is 12.2. The topological polar surface area (TPSA) is 30.7 Å². The average Bonchev–Trinajstić information content (AvgIpc) is 3.22. The zero-order valence-electron chi connectivity index (χ0n) is 16.6. The SMILES string of the molecule is CC(Sc1ncnc2c1c(-c1ccccc1)cn2-c1ccccc1)c1ccccc1. The molecule has 3 nitrogen and oxygen atoms in total. The van der Waals surface area contributed by atoms with Gasteiger partial charge in [0.05, 0.1) is 5.39 Å². The minimum atomic E-state index is 0.285. The molecule has 2 aromatic heterocycles. The number of nitrogens with zero attached hydrogens (tertiary/aromatic N) is 3. The Kier molecular flexibility index (Phi) is 5.08. The quantitative estimate of drug-likeness (QED) is 0.233. The van der Waals surface area contributed by atoms with Crippen molar-refractivity contribution in [3.8, 4) is 16.8 Å². The minimum Gasteiger partial charge on any atom is -0.301 e. The molecule has 3 aromatic carbocycles. The average molecular weight is 408 g/mol. The van der Waals surface area contributed by atoms with Gasteiger partial charge in [-0.3, -0.25) is 0 Å². The molecular weight excluding hydrogens is 386 g/mol. The first-order chi connectivity index (χ1) is 14.8. The van der Waals surface area contributed by atoms with Gasteiger partial charge in [0.15, 0.2) is 0 Å². The van der Waals surface area contributed by atoms with E-state index in [0.717, 1.165) is 27.3 Å². The van der Waals surface area contributed by atoms with Crippen LogP contribution in [0.5, 0.6) is 0 Å². The van der Waals surface area contributed by atoms with Crippen molar-refractivity contribution in [1.82, 2.24) is 14.5 Å². The van der Waals surface area contributed by atoms with E-state index in [4.69, 9.17) is 4.98 Å². The fourth-order valence-corrected chi connectivity index (χ4v) is 4.76. The van der Waals surface area contributed by atoms with Crippen molar-refractivity contribution >= 4 is 22.8 Å². The number of hydrogen-bond donors (Lipinski definition) is 0. The van der Waals surface area contributed by atoms with E-state index in [0.29, 0.717) is 0 Å². The summed E-state index contributed by atoms with van der Waals surface area (Å²) < 4.78 is 2.16. The lowest BCUT2D eigenvalue weighted by Gasteiger charge is -2.12. The summed E-state index contributed by atoms with van der Waals surface area (Å²) in [6, 6.07) is 31.4. The van der Waals surface area contributed by atoms with Crippen LogP contribution in [0.1, 0.15) is 17.7 Å². The van der Waals surface area contributed by atoms with Crippen molar-refractivity contribution < 1.29 is 0 Å². The molecule has 0 saturated carbocycles. The Labute approximate surface area is 180 Å². The molecule has 0 bridgehead atoms. The van der Waals surface area contributed by atoms with Crippen LogP contribution in [-0.4, -0.2) is 14.5 Å². The smallest absolute Gasteiger partial charge is 0.149 e. The van der Waals surface area contributed by atoms with E-state index in [1.165, 1.54) is 11.1 Å². The third kappa shape index (κ3) is 3.51. The van der Waals surface area contributed by atoms with Crippen molar-refractivity contribution in [2.24, 2.45) is 0 Å². The largest absolute Gasteiger partial charge is 0.301 e. The van der Waals surface area contributed by atoms with Crippen LogP contribution in [0.2, 0.25) is 0 Å². The summed E-state index contributed by atoms with van der Waals surface area (Å²) in [4.78, 5) is 9.39. The summed E-state index contributed by atoms with van der Waals surface area (Å²) in [6.07, 6.45) is 3.86. The minimum absolute atomic E-state index is 0.285. The molecule has 146 valence electrons. The van der Waals surface area contributed by atoms with E-state index in [1.807, 2.05) is 12.1 Å². The molecule has 0 aliphatic heterocycles. The van der Waals surface area contributed by atoms with Crippen LogP contribution in [0.15, 0.2) is 109 Å². The Hall–Kier alpha value is -3.37. The second-order valence-electron chi connectivity index (χ2n) is 7.16.